The second-order valence-electron chi connectivity index (χ2n) is 8.19. The van der Waals surface area contributed by atoms with Crippen LogP contribution in [0.3, 0.4) is 0 Å². The summed E-state index contributed by atoms with van der Waals surface area (Å²) in [5.41, 5.74) is 5.52. The highest BCUT2D eigenvalue weighted by atomic mass is 32.1. The van der Waals surface area contributed by atoms with Gasteiger partial charge in [-0.05, 0) is 55.3 Å². The van der Waals surface area contributed by atoms with Gasteiger partial charge in [-0.2, -0.15) is 0 Å². The topological polar surface area (TPSA) is 78.0 Å². The van der Waals surface area contributed by atoms with Crippen molar-refractivity contribution in [2.75, 3.05) is 36.8 Å². The van der Waals surface area contributed by atoms with Crippen LogP contribution in [0.15, 0.2) is 48.7 Å². The Bertz CT molecular complexity index is 1210. The molecule has 0 radical (unpaired) electrons. The van der Waals surface area contributed by atoms with Crippen LogP contribution in [0.5, 0.6) is 0 Å². The van der Waals surface area contributed by atoms with Gasteiger partial charge in [0.1, 0.15) is 22.0 Å². The van der Waals surface area contributed by atoms with Crippen LogP contribution in [0.1, 0.15) is 16.7 Å². The van der Waals surface area contributed by atoms with E-state index in [9.17, 15) is 0 Å². The minimum Gasteiger partial charge on any atom is -0.340 e. The standard InChI is InChI=1S/C24H27N7S/c1-16-3-5-19(6-4-16)27-21-13-17(2)22-23(28-21)32-24(30-22)29-20-14-18(7-8-26-20)15-31-11-9-25-10-12-31/h3-8,13-14,25H,9-12,15H2,1-2H3,(H,27,28)(H,26,29,30). The number of aryl methyl sites for hydroxylation is 2. The summed E-state index contributed by atoms with van der Waals surface area (Å²) in [7, 11) is 0. The van der Waals surface area contributed by atoms with Crippen LogP contribution < -0.4 is 16.0 Å². The monoisotopic (exact) mass is 445 g/mol. The fourth-order valence-electron chi connectivity index (χ4n) is 3.84. The van der Waals surface area contributed by atoms with E-state index < -0.39 is 0 Å². The lowest BCUT2D eigenvalue weighted by atomic mass is 10.2. The lowest BCUT2D eigenvalue weighted by molar-refractivity contribution is 0.233. The Morgan fingerprint density at radius 2 is 1.78 bits per heavy atom. The molecule has 4 aromatic rings. The third-order valence-electron chi connectivity index (χ3n) is 5.56. The molecule has 7 nitrogen and oxygen atoms in total. The Balaban J connectivity index is 1.33. The number of fused-ring (bicyclic) bond motifs is 1. The molecule has 1 saturated heterocycles. The maximum atomic E-state index is 4.78. The van der Waals surface area contributed by atoms with Gasteiger partial charge in [-0.1, -0.05) is 29.0 Å². The summed E-state index contributed by atoms with van der Waals surface area (Å²) < 4.78 is 0. The van der Waals surface area contributed by atoms with E-state index in [0.717, 1.165) is 71.1 Å². The Labute approximate surface area is 191 Å². The Morgan fingerprint density at radius 1 is 0.969 bits per heavy atom. The molecule has 1 aliphatic heterocycles. The second kappa shape index (κ2) is 9.20. The first kappa shape index (κ1) is 20.8. The highest BCUT2D eigenvalue weighted by Gasteiger charge is 2.13. The molecule has 0 aliphatic carbocycles. The minimum absolute atomic E-state index is 0.801. The zero-order chi connectivity index (χ0) is 21.9. The number of rotatable bonds is 6. The molecule has 1 fully saturated rings. The smallest absolute Gasteiger partial charge is 0.190 e. The van der Waals surface area contributed by atoms with Crippen molar-refractivity contribution >= 4 is 44.1 Å². The van der Waals surface area contributed by atoms with E-state index in [1.807, 2.05) is 12.3 Å². The van der Waals surface area contributed by atoms with Crippen molar-refractivity contribution in [1.29, 1.82) is 0 Å². The van der Waals surface area contributed by atoms with Crippen LogP contribution in [0, 0.1) is 13.8 Å². The molecule has 0 amide bonds. The molecule has 0 saturated carbocycles. The first-order valence-corrected chi connectivity index (χ1v) is 11.7. The van der Waals surface area contributed by atoms with E-state index in [1.54, 1.807) is 11.3 Å². The predicted octanol–water partition coefficient (Wildman–Crippen LogP) is 4.60. The van der Waals surface area contributed by atoms with Crippen LogP contribution in [0.25, 0.3) is 10.3 Å². The average Bonchev–Trinajstić information content (AvgIpc) is 3.19. The highest BCUT2D eigenvalue weighted by Crippen LogP contribution is 2.31. The highest BCUT2D eigenvalue weighted by molar-refractivity contribution is 7.21. The molecule has 1 aromatic carbocycles. The predicted molar refractivity (Wildman–Crippen MR) is 132 cm³/mol. The van der Waals surface area contributed by atoms with Gasteiger partial charge in [-0.15, -0.1) is 0 Å². The molecular weight excluding hydrogens is 418 g/mol. The molecule has 0 bridgehead atoms. The second-order valence-corrected chi connectivity index (χ2v) is 9.17. The quantitative estimate of drug-likeness (QED) is 0.400. The lowest BCUT2D eigenvalue weighted by Gasteiger charge is -2.27. The summed E-state index contributed by atoms with van der Waals surface area (Å²) in [5.74, 6) is 1.64. The Hall–Kier alpha value is -3.07. The number of aromatic nitrogens is 3. The summed E-state index contributed by atoms with van der Waals surface area (Å²) in [6, 6.07) is 14.5. The molecule has 3 aromatic heterocycles. The molecule has 0 unspecified atom stereocenters. The fraction of sp³-hybridized carbons (Fsp3) is 0.292. The van der Waals surface area contributed by atoms with Gasteiger partial charge >= 0.3 is 0 Å². The first-order valence-electron chi connectivity index (χ1n) is 10.9. The lowest BCUT2D eigenvalue weighted by Crippen LogP contribution is -2.42. The SMILES string of the molecule is Cc1ccc(Nc2cc(C)c3nc(Nc4cc(CN5CCNCC5)ccn4)sc3n2)cc1. The molecule has 8 heteroatoms. The van der Waals surface area contributed by atoms with Gasteiger partial charge in [0, 0.05) is 44.6 Å². The largest absolute Gasteiger partial charge is 0.340 e. The van der Waals surface area contributed by atoms with Crippen LogP contribution >= 0.6 is 11.3 Å². The summed E-state index contributed by atoms with van der Waals surface area (Å²) in [4.78, 5) is 17.4. The van der Waals surface area contributed by atoms with E-state index in [4.69, 9.17) is 9.97 Å². The van der Waals surface area contributed by atoms with Gasteiger partial charge in [0.15, 0.2) is 5.13 Å². The normalized spacial score (nSPS) is 14.6. The third-order valence-corrected chi connectivity index (χ3v) is 6.42. The van der Waals surface area contributed by atoms with E-state index in [1.165, 1.54) is 11.1 Å². The van der Waals surface area contributed by atoms with E-state index in [2.05, 4.69) is 76.1 Å². The summed E-state index contributed by atoms with van der Waals surface area (Å²) in [6.45, 7) is 9.34. The molecule has 4 heterocycles. The van der Waals surface area contributed by atoms with Crippen molar-refractivity contribution in [1.82, 2.24) is 25.2 Å². The maximum absolute atomic E-state index is 4.78. The van der Waals surface area contributed by atoms with Crippen LogP contribution in [0.4, 0.5) is 22.5 Å². The molecule has 3 N–H and O–H groups in total. The van der Waals surface area contributed by atoms with Gasteiger partial charge in [0.2, 0.25) is 0 Å². The zero-order valence-corrected chi connectivity index (χ0v) is 19.2. The number of hydrogen-bond acceptors (Lipinski definition) is 8. The van der Waals surface area contributed by atoms with Crippen molar-refractivity contribution in [3.8, 4) is 0 Å². The van der Waals surface area contributed by atoms with Gasteiger partial charge in [-0.3, -0.25) is 4.90 Å². The van der Waals surface area contributed by atoms with Crippen molar-refractivity contribution in [3.05, 3.63) is 65.4 Å². The molecule has 1 aliphatic rings. The molecule has 32 heavy (non-hydrogen) atoms. The number of nitrogens with one attached hydrogen (secondary N) is 3. The zero-order valence-electron chi connectivity index (χ0n) is 18.4. The van der Waals surface area contributed by atoms with Crippen molar-refractivity contribution in [2.45, 2.75) is 20.4 Å². The molecule has 5 rings (SSSR count). The third kappa shape index (κ3) is 4.88. The molecular formula is C24H27N7S. The van der Waals surface area contributed by atoms with Gasteiger partial charge < -0.3 is 16.0 Å². The first-order chi connectivity index (χ1) is 15.6. The summed E-state index contributed by atoms with van der Waals surface area (Å²) >= 11 is 1.54. The van der Waals surface area contributed by atoms with Crippen molar-refractivity contribution in [3.63, 3.8) is 0 Å². The molecule has 0 atom stereocenters. The van der Waals surface area contributed by atoms with Gasteiger partial charge in [0.05, 0.1) is 0 Å². The minimum atomic E-state index is 0.801. The van der Waals surface area contributed by atoms with Crippen LogP contribution in [-0.2, 0) is 6.54 Å². The van der Waals surface area contributed by atoms with Crippen LogP contribution in [0.2, 0.25) is 0 Å². The Kier molecular flexibility index (Phi) is 5.98. The number of hydrogen-bond donors (Lipinski definition) is 3. The number of thiazole rings is 1. The Morgan fingerprint density at radius 3 is 2.59 bits per heavy atom. The number of benzene rings is 1. The van der Waals surface area contributed by atoms with Gasteiger partial charge in [0.25, 0.3) is 0 Å². The average molecular weight is 446 g/mol. The maximum Gasteiger partial charge on any atom is 0.190 e. The molecule has 0 spiro atoms. The van der Waals surface area contributed by atoms with Crippen molar-refractivity contribution < 1.29 is 0 Å². The molecule has 164 valence electrons. The summed E-state index contributed by atoms with van der Waals surface area (Å²) in [6.07, 6.45) is 1.86. The van der Waals surface area contributed by atoms with Gasteiger partial charge in [-0.25, -0.2) is 15.0 Å². The number of pyridine rings is 2. The van der Waals surface area contributed by atoms with E-state index in [-0.39, 0.29) is 0 Å². The number of nitrogens with zero attached hydrogens (tertiary/aromatic N) is 4. The van der Waals surface area contributed by atoms with E-state index >= 15 is 0 Å². The fourth-order valence-corrected chi connectivity index (χ4v) is 4.76. The van der Waals surface area contributed by atoms with Crippen molar-refractivity contribution in [2.24, 2.45) is 0 Å². The van der Waals surface area contributed by atoms with E-state index in [0.29, 0.717) is 0 Å². The number of anilines is 4. The summed E-state index contributed by atoms with van der Waals surface area (Å²) in [5, 5.41) is 11.0. The number of piperazine rings is 1. The van der Waals surface area contributed by atoms with Crippen LogP contribution in [-0.4, -0.2) is 46.0 Å².